The van der Waals surface area contributed by atoms with Crippen LogP contribution in [0, 0.1) is 45.8 Å². The van der Waals surface area contributed by atoms with Crippen molar-refractivity contribution < 1.29 is 0 Å². The molecule has 0 aromatic heterocycles. The van der Waals surface area contributed by atoms with Crippen LogP contribution in [0.2, 0.25) is 0 Å². The van der Waals surface area contributed by atoms with Crippen LogP contribution in [0.3, 0.4) is 0 Å². The first-order valence-electron chi connectivity index (χ1n) is 9.37. The van der Waals surface area contributed by atoms with Crippen LogP contribution >= 0.6 is 0 Å². The predicted octanol–water partition coefficient (Wildman–Crippen LogP) is 6.79. The minimum Gasteiger partial charge on any atom is -0.0649 e. The molecule has 0 N–H and O–H groups in total. The molecule has 2 saturated carbocycles. The SMILES string of the molecule is CCC(C)(C)CC1CC2CC1C(C(C)(C)C)C2C(C)(C)C. The highest BCUT2D eigenvalue weighted by molar-refractivity contribution is 5.07. The third-order valence-corrected chi connectivity index (χ3v) is 6.91. The lowest BCUT2D eigenvalue weighted by Crippen LogP contribution is -2.43. The van der Waals surface area contributed by atoms with Crippen molar-refractivity contribution in [2.75, 3.05) is 0 Å². The Kier molecular flexibility index (Phi) is 4.36. The molecule has 0 heterocycles. The maximum Gasteiger partial charge on any atom is -0.0298 e. The summed E-state index contributed by atoms with van der Waals surface area (Å²) in [5, 5.41) is 0. The first-order chi connectivity index (χ1) is 9.37. The monoisotopic (exact) mass is 292 g/mol. The fourth-order valence-electron chi connectivity index (χ4n) is 6.01. The zero-order valence-electron chi connectivity index (χ0n) is 16.2. The van der Waals surface area contributed by atoms with Crippen LogP contribution in [0.15, 0.2) is 0 Å². The number of fused-ring (bicyclic) bond motifs is 2. The molecule has 2 bridgehead atoms. The van der Waals surface area contributed by atoms with E-state index >= 15 is 0 Å². The van der Waals surface area contributed by atoms with E-state index in [2.05, 4.69) is 62.3 Å². The second-order valence-corrected chi connectivity index (χ2v) is 11.2. The molecule has 2 aliphatic carbocycles. The number of rotatable bonds is 3. The molecule has 5 unspecified atom stereocenters. The molecule has 2 rings (SSSR count). The third-order valence-electron chi connectivity index (χ3n) is 6.91. The molecule has 0 saturated heterocycles. The van der Waals surface area contributed by atoms with Gasteiger partial charge in [0, 0.05) is 0 Å². The zero-order chi connectivity index (χ0) is 16.2. The van der Waals surface area contributed by atoms with Crippen molar-refractivity contribution in [2.45, 2.75) is 88.0 Å². The largest absolute Gasteiger partial charge is 0.0649 e. The molecule has 0 heteroatoms. The second-order valence-electron chi connectivity index (χ2n) is 11.2. The third kappa shape index (κ3) is 3.35. The highest BCUT2D eigenvalue weighted by Gasteiger charge is 2.58. The van der Waals surface area contributed by atoms with Gasteiger partial charge in [0.1, 0.15) is 0 Å². The van der Waals surface area contributed by atoms with Gasteiger partial charge in [-0.15, -0.1) is 0 Å². The normalized spacial score (nSPS) is 37.3. The molecule has 2 fully saturated rings. The number of hydrogen-bond donors (Lipinski definition) is 0. The second kappa shape index (κ2) is 5.27. The van der Waals surface area contributed by atoms with Gasteiger partial charge >= 0.3 is 0 Å². The van der Waals surface area contributed by atoms with Crippen molar-refractivity contribution in [1.82, 2.24) is 0 Å². The maximum atomic E-state index is 2.50. The van der Waals surface area contributed by atoms with Crippen LogP contribution < -0.4 is 0 Å². The summed E-state index contributed by atoms with van der Waals surface area (Å²) >= 11 is 0. The Balaban J connectivity index is 2.23. The van der Waals surface area contributed by atoms with E-state index in [9.17, 15) is 0 Å². The molecule has 124 valence electrons. The minimum absolute atomic E-state index is 0.465. The van der Waals surface area contributed by atoms with Crippen molar-refractivity contribution in [3.63, 3.8) is 0 Å². The Morgan fingerprint density at radius 3 is 1.71 bits per heavy atom. The van der Waals surface area contributed by atoms with Gasteiger partial charge in [-0.05, 0) is 65.1 Å². The molecule has 0 spiro atoms. The van der Waals surface area contributed by atoms with Crippen LogP contribution in [-0.2, 0) is 0 Å². The van der Waals surface area contributed by atoms with Gasteiger partial charge in [0.15, 0.2) is 0 Å². The van der Waals surface area contributed by atoms with Gasteiger partial charge in [-0.3, -0.25) is 0 Å². The summed E-state index contributed by atoms with van der Waals surface area (Å²) in [6.45, 7) is 22.3. The predicted molar refractivity (Wildman–Crippen MR) is 94.3 cm³/mol. The zero-order valence-corrected chi connectivity index (χ0v) is 16.2. The quantitative estimate of drug-likeness (QED) is 0.537. The van der Waals surface area contributed by atoms with Gasteiger partial charge in [-0.2, -0.15) is 0 Å². The first-order valence-corrected chi connectivity index (χ1v) is 9.37. The lowest BCUT2D eigenvalue weighted by atomic mass is 9.56. The lowest BCUT2D eigenvalue weighted by molar-refractivity contribution is -0.00832. The Morgan fingerprint density at radius 2 is 1.29 bits per heavy atom. The van der Waals surface area contributed by atoms with Gasteiger partial charge in [0.25, 0.3) is 0 Å². The molecular formula is C21H40. The van der Waals surface area contributed by atoms with Crippen molar-refractivity contribution in [3.05, 3.63) is 0 Å². The summed E-state index contributed by atoms with van der Waals surface area (Å²) in [6, 6.07) is 0. The highest BCUT2D eigenvalue weighted by atomic mass is 14.6. The minimum atomic E-state index is 0.465. The Bertz CT molecular complexity index is 362. The summed E-state index contributed by atoms with van der Waals surface area (Å²) in [4.78, 5) is 0. The fourth-order valence-corrected chi connectivity index (χ4v) is 6.01. The molecular weight excluding hydrogens is 252 g/mol. The Hall–Kier alpha value is 0. The Morgan fingerprint density at radius 1 is 0.762 bits per heavy atom. The molecule has 2 aliphatic rings. The summed E-state index contributed by atoms with van der Waals surface area (Å²) < 4.78 is 0. The van der Waals surface area contributed by atoms with E-state index in [0.717, 1.165) is 29.6 Å². The van der Waals surface area contributed by atoms with E-state index in [0.29, 0.717) is 16.2 Å². The lowest BCUT2D eigenvalue weighted by Gasteiger charge is -2.49. The summed E-state index contributed by atoms with van der Waals surface area (Å²) in [7, 11) is 0. The van der Waals surface area contributed by atoms with Crippen molar-refractivity contribution in [3.8, 4) is 0 Å². The summed E-state index contributed by atoms with van der Waals surface area (Å²) in [5.74, 6) is 4.84. The average Bonchev–Trinajstić information content (AvgIpc) is 2.83. The van der Waals surface area contributed by atoms with Crippen LogP contribution in [0.4, 0.5) is 0 Å². The molecule has 0 aromatic rings. The van der Waals surface area contributed by atoms with Crippen LogP contribution in [0.25, 0.3) is 0 Å². The number of hydrogen-bond acceptors (Lipinski definition) is 0. The van der Waals surface area contributed by atoms with E-state index in [4.69, 9.17) is 0 Å². The highest BCUT2D eigenvalue weighted by Crippen LogP contribution is 2.65. The van der Waals surface area contributed by atoms with Crippen molar-refractivity contribution in [1.29, 1.82) is 0 Å². The van der Waals surface area contributed by atoms with Gasteiger partial charge in [-0.25, -0.2) is 0 Å². The average molecular weight is 293 g/mol. The summed E-state index contributed by atoms with van der Waals surface area (Å²) in [5.41, 5.74) is 1.48. The Labute approximate surface area is 134 Å². The first kappa shape index (κ1) is 17.4. The van der Waals surface area contributed by atoms with Gasteiger partial charge in [0.05, 0.1) is 0 Å². The van der Waals surface area contributed by atoms with Gasteiger partial charge < -0.3 is 0 Å². The van der Waals surface area contributed by atoms with Crippen molar-refractivity contribution in [2.24, 2.45) is 45.8 Å². The molecule has 5 atom stereocenters. The smallest absolute Gasteiger partial charge is 0.0298 e. The summed E-state index contributed by atoms with van der Waals surface area (Å²) in [6.07, 6.45) is 5.81. The van der Waals surface area contributed by atoms with Crippen molar-refractivity contribution >= 4 is 0 Å². The van der Waals surface area contributed by atoms with Crippen LogP contribution in [-0.4, -0.2) is 0 Å². The van der Waals surface area contributed by atoms with Gasteiger partial charge in [0.2, 0.25) is 0 Å². The molecule has 0 aliphatic heterocycles. The van der Waals surface area contributed by atoms with E-state index in [-0.39, 0.29) is 0 Å². The molecule has 0 amide bonds. The van der Waals surface area contributed by atoms with E-state index < -0.39 is 0 Å². The fraction of sp³-hybridized carbons (Fsp3) is 1.00. The van der Waals surface area contributed by atoms with Gasteiger partial charge in [-0.1, -0.05) is 68.7 Å². The van der Waals surface area contributed by atoms with E-state index in [1.165, 1.54) is 25.7 Å². The maximum absolute atomic E-state index is 2.50. The van der Waals surface area contributed by atoms with Crippen LogP contribution in [0.5, 0.6) is 0 Å². The van der Waals surface area contributed by atoms with Crippen LogP contribution in [0.1, 0.15) is 88.0 Å². The van der Waals surface area contributed by atoms with E-state index in [1.807, 2.05) is 0 Å². The standard InChI is InChI=1S/C21H40/c1-10-21(8,9)13-15-11-14-12-16(15)18(20(5,6)7)17(14)19(2,3)4/h14-18H,10-13H2,1-9H3. The topological polar surface area (TPSA) is 0 Å². The molecule has 0 radical (unpaired) electrons. The molecule has 0 aromatic carbocycles. The molecule has 21 heavy (non-hydrogen) atoms. The molecule has 0 nitrogen and oxygen atoms in total. The van der Waals surface area contributed by atoms with E-state index in [1.54, 1.807) is 0 Å².